The van der Waals surface area contributed by atoms with Crippen molar-refractivity contribution in [2.45, 2.75) is 93.6 Å². The smallest absolute Gasteiger partial charge is 0.309 e. The molecule has 0 aliphatic heterocycles. The second-order valence-corrected chi connectivity index (χ2v) is 8.75. The third kappa shape index (κ3) is 7.91. The molecule has 0 heterocycles. The highest BCUT2D eigenvalue weighted by Gasteiger charge is 2.33. The number of carbonyl (C=O) groups excluding carboxylic acids is 1. The Kier molecular flexibility index (Phi) is 6.77. The van der Waals surface area contributed by atoms with E-state index in [1.54, 1.807) is 0 Å². The highest BCUT2D eigenvalue weighted by molar-refractivity contribution is 5.72. The van der Waals surface area contributed by atoms with E-state index in [2.05, 4.69) is 48.5 Å². The fourth-order valence-electron chi connectivity index (χ4n) is 2.87. The van der Waals surface area contributed by atoms with Gasteiger partial charge in [-0.1, -0.05) is 54.9 Å². The first-order valence-electron chi connectivity index (χ1n) is 8.05. The minimum Gasteiger partial charge on any atom is -0.459 e. The van der Waals surface area contributed by atoms with Gasteiger partial charge in [-0.2, -0.15) is 0 Å². The van der Waals surface area contributed by atoms with Gasteiger partial charge in [0.15, 0.2) is 0 Å². The quantitative estimate of drug-likeness (QED) is 0.569. The molecule has 2 nitrogen and oxygen atoms in total. The lowest BCUT2D eigenvalue weighted by atomic mass is 9.79. The number of rotatable bonds is 7. The Morgan fingerprint density at radius 1 is 1.00 bits per heavy atom. The molecule has 0 N–H and O–H groups in total. The van der Waals surface area contributed by atoms with Crippen LogP contribution in [0.3, 0.4) is 0 Å². The van der Waals surface area contributed by atoms with E-state index in [-0.39, 0.29) is 28.3 Å². The molecular formula is C18H36O2. The van der Waals surface area contributed by atoms with Gasteiger partial charge in [-0.3, -0.25) is 4.79 Å². The fourth-order valence-corrected chi connectivity index (χ4v) is 2.87. The largest absolute Gasteiger partial charge is 0.459 e. The topological polar surface area (TPSA) is 26.3 Å². The maximum atomic E-state index is 12.4. The van der Waals surface area contributed by atoms with Crippen LogP contribution in [-0.2, 0) is 9.53 Å². The van der Waals surface area contributed by atoms with Gasteiger partial charge in [-0.15, -0.1) is 0 Å². The summed E-state index contributed by atoms with van der Waals surface area (Å²) in [6, 6.07) is 0. The predicted octanol–water partition coefficient (Wildman–Crippen LogP) is 5.60. The molecule has 0 saturated heterocycles. The highest BCUT2D eigenvalue weighted by Crippen LogP contribution is 2.34. The Hall–Kier alpha value is -0.530. The molecular weight excluding hydrogens is 248 g/mol. The van der Waals surface area contributed by atoms with Gasteiger partial charge in [0.25, 0.3) is 0 Å². The van der Waals surface area contributed by atoms with E-state index in [0.29, 0.717) is 0 Å². The summed E-state index contributed by atoms with van der Waals surface area (Å²) < 4.78 is 5.82. The standard InChI is InChI=1S/C18H36O2/c1-10-14(12-17(6,7)11-2)15(19)20-18(8,9)13-16(3,4)5/h14H,10-13H2,1-9H3. The van der Waals surface area contributed by atoms with Crippen molar-refractivity contribution in [2.24, 2.45) is 16.7 Å². The Morgan fingerprint density at radius 2 is 1.50 bits per heavy atom. The van der Waals surface area contributed by atoms with Crippen molar-refractivity contribution in [3.05, 3.63) is 0 Å². The Bertz CT molecular complexity index is 308. The molecule has 0 aromatic heterocycles. The zero-order chi connectivity index (χ0) is 16.2. The number of ether oxygens (including phenoxy) is 1. The van der Waals surface area contributed by atoms with Crippen molar-refractivity contribution in [1.29, 1.82) is 0 Å². The van der Waals surface area contributed by atoms with Gasteiger partial charge in [0.1, 0.15) is 5.60 Å². The number of carbonyl (C=O) groups is 1. The van der Waals surface area contributed by atoms with E-state index in [1.807, 2.05) is 13.8 Å². The van der Waals surface area contributed by atoms with Crippen LogP contribution < -0.4 is 0 Å². The molecule has 0 aromatic carbocycles. The van der Waals surface area contributed by atoms with Crippen LogP contribution in [0.25, 0.3) is 0 Å². The average Bonchev–Trinajstić information content (AvgIpc) is 2.21. The van der Waals surface area contributed by atoms with Crippen molar-refractivity contribution >= 4 is 5.97 Å². The molecule has 0 aromatic rings. The number of hydrogen-bond donors (Lipinski definition) is 0. The van der Waals surface area contributed by atoms with Crippen LogP contribution in [0.15, 0.2) is 0 Å². The first-order chi connectivity index (χ1) is 8.82. The van der Waals surface area contributed by atoms with Crippen molar-refractivity contribution in [3.8, 4) is 0 Å². The summed E-state index contributed by atoms with van der Waals surface area (Å²) in [5.74, 6) is -0.00697. The zero-order valence-electron chi connectivity index (χ0n) is 15.2. The van der Waals surface area contributed by atoms with Crippen LogP contribution in [0.4, 0.5) is 0 Å². The summed E-state index contributed by atoms with van der Waals surface area (Å²) >= 11 is 0. The van der Waals surface area contributed by atoms with Gasteiger partial charge in [0.2, 0.25) is 0 Å². The molecule has 0 amide bonds. The van der Waals surface area contributed by atoms with Crippen LogP contribution in [0.1, 0.15) is 88.0 Å². The molecule has 0 rings (SSSR count). The molecule has 0 aliphatic rings. The normalized spacial score (nSPS) is 15.1. The molecule has 0 spiro atoms. The maximum absolute atomic E-state index is 12.4. The third-order valence-electron chi connectivity index (χ3n) is 3.92. The lowest BCUT2D eigenvalue weighted by molar-refractivity contribution is -0.165. The lowest BCUT2D eigenvalue weighted by Gasteiger charge is -2.34. The summed E-state index contributed by atoms with van der Waals surface area (Å²) in [7, 11) is 0. The second-order valence-electron chi connectivity index (χ2n) is 8.75. The average molecular weight is 284 g/mol. The predicted molar refractivity (Wildman–Crippen MR) is 86.7 cm³/mol. The van der Waals surface area contributed by atoms with Crippen LogP contribution in [0.5, 0.6) is 0 Å². The van der Waals surface area contributed by atoms with Gasteiger partial charge in [0, 0.05) is 0 Å². The molecule has 0 fully saturated rings. The van der Waals surface area contributed by atoms with Gasteiger partial charge in [0.05, 0.1) is 5.92 Å². The minimum atomic E-state index is -0.390. The summed E-state index contributed by atoms with van der Waals surface area (Å²) in [4.78, 5) is 12.4. The van der Waals surface area contributed by atoms with Crippen LogP contribution in [0, 0.1) is 16.7 Å². The SMILES string of the molecule is CCC(CC(C)(C)CC)C(=O)OC(C)(C)CC(C)(C)C. The van der Waals surface area contributed by atoms with E-state index in [4.69, 9.17) is 4.74 Å². The molecule has 0 saturated carbocycles. The van der Waals surface area contributed by atoms with Gasteiger partial charge in [-0.05, 0) is 43.9 Å². The summed E-state index contributed by atoms with van der Waals surface area (Å²) in [6.07, 6.45) is 3.72. The van der Waals surface area contributed by atoms with E-state index >= 15 is 0 Å². The number of esters is 1. The zero-order valence-corrected chi connectivity index (χ0v) is 15.2. The molecule has 120 valence electrons. The van der Waals surface area contributed by atoms with Gasteiger partial charge in [-0.25, -0.2) is 0 Å². The molecule has 1 atom stereocenters. The molecule has 0 radical (unpaired) electrons. The van der Waals surface area contributed by atoms with Crippen molar-refractivity contribution in [1.82, 2.24) is 0 Å². The van der Waals surface area contributed by atoms with Crippen molar-refractivity contribution in [3.63, 3.8) is 0 Å². The second kappa shape index (κ2) is 6.95. The number of hydrogen-bond acceptors (Lipinski definition) is 2. The molecule has 20 heavy (non-hydrogen) atoms. The van der Waals surface area contributed by atoms with Gasteiger partial charge >= 0.3 is 5.97 Å². The van der Waals surface area contributed by atoms with E-state index in [1.165, 1.54) is 0 Å². The Balaban J connectivity index is 4.71. The fraction of sp³-hybridized carbons (Fsp3) is 0.944. The molecule has 0 aliphatic carbocycles. The van der Waals surface area contributed by atoms with Crippen molar-refractivity contribution < 1.29 is 9.53 Å². The Labute approximate surface area is 126 Å². The van der Waals surface area contributed by atoms with Crippen LogP contribution in [-0.4, -0.2) is 11.6 Å². The molecule has 0 bridgehead atoms. The summed E-state index contributed by atoms with van der Waals surface area (Å²) in [6.45, 7) is 19.3. The summed E-state index contributed by atoms with van der Waals surface area (Å²) in [5, 5.41) is 0. The van der Waals surface area contributed by atoms with Crippen molar-refractivity contribution in [2.75, 3.05) is 0 Å². The first-order valence-corrected chi connectivity index (χ1v) is 8.05. The van der Waals surface area contributed by atoms with Crippen LogP contribution >= 0.6 is 0 Å². The van der Waals surface area contributed by atoms with Gasteiger partial charge < -0.3 is 4.74 Å². The van der Waals surface area contributed by atoms with E-state index < -0.39 is 0 Å². The Morgan fingerprint density at radius 3 is 1.85 bits per heavy atom. The molecule has 2 heteroatoms. The summed E-state index contributed by atoms with van der Waals surface area (Å²) in [5.41, 5.74) is -0.0266. The monoisotopic (exact) mass is 284 g/mol. The third-order valence-corrected chi connectivity index (χ3v) is 3.92. The first kappa shape index (κ1) is 19.5. The minimum absolute atomic E-state index is 0.0178. The van der Waals surface area contributed by atoms with E-state index in [9.17, 15) is 4.79 Å². The highest BCUT2D eigenvalue weighted by atomic mass is 16.6. The molecule has 1 unspecified atom stereocenters. The van der Waals surface area contributed by atoms with Crippen LogP contribution in [0.2, 0.25) is 0 Å². The maximum Gasteiger partial charge on any atom is 0.309 e. The lowest BCUT2D eigenvalue weighted by Crippen LogP contribution is -2.36. The van der Waals surface area contributed by atoms with E-state index in [0.717, 1.165) is 25.7 Å².